The minimum Gasteiger partial charge on any atom is -0.326 e. The summed E-state index contributed by atoms with van der Waals surface area (Å²) in [5.41, 5.74) is 0.731. The molecule has 0 aliphatic rings. The Hall–Kier alpha value is -1.86. The van der Waals surface area contributed by atoms with Crippen LogP contribution in [0.25, 0.3) is 0 Å². The Bertz CT molecular complexity index is 477. The van der Waals surface area contributed by atoms with Crippen LogP contribution in [0.5, 0.6) is 0 Å². The van der Waals surface area contributed by atoms with Crippen molar-refractivity contribution in [2.75, 3.05) is 5.32 Å². The minimum absolute atomic E-state index is 0.176. The Kier molecular flexibility index (Phi) is 4.03. The number of nitriles is 1. The maximum Gasteiger partial charge on any atom is 0.231 e. The fraction of sp³-hybridized carbons (Fsp3) is 0.182. The fourth-order valence-electron chi connectivity index (χ4n) is 1.12. The van der Waals surface area contributed by atoms with Gasteiger partial charge >= 0.3 is 0 Å². The molecule has 82 valence electrons. The van der Waals surface area contributed by atoms with Crippen LogP contribution in [0.2, 0.25) is 5.02 Å². The van der Waals surface area contributed by atoms with Gasteiger partial charge in [-0.25, -0.2) is 0 Å². The van der Waals surface area contributed by atoms with Gasteiger partial charge in [0.1, 0.15) is 11.9 Å². The first-order valence-corrected chi connectivity index (χ1v) is 4.89. The van der Waals surface area contributed by atoms with Crippen LogP contribution in [0.3, 0.4) is 0 Å². The van der Waals surface area contributed by atoms with Crippen molar-refractivity contribution in [1.29, 1.82) is 5.26 Å². The van der Waals surface area contributed by atoms with Crippen LogP contribution in [-0.4, -0.2) is 11.7 Å². The molecule has 0 spiro atoms. The topological polar surface area (TPSA) is 70.0 Å². The Morgan fingerprint density at radius 3 is 2.75 bits per heavy atom. The van der Waals surface area contributed by atoms with E-state index in [0.29, 0.717) is 10.7 Å². The quantitative estimate of drug-likeness (QED) is 0.818. The van der Waals surface area contributed by atoms with Gasteiger partial charge in [-0.2, -0.15) is 5.26 Å². The molecular formula is C11H9ClN2O2. The van der Waals surface area contributed by atoms with E-state index in [2.05, 4.69) is 5.32 Å². The van der Waals surface area contributed by atoms with Gasteiger partial charge in [0, 0.05) is 5.69 Å². The highest BCUT2D eigenvalue weighted by atomic mass is 35.5. The van der Waals surface area contributed by atoms with Crippen molar-refractivity contribution in [3.63, 3.8) is 0 Å². The van der Waals surface area contributed by atoms with E-state index in [1.165, 1.54) is 19.1 Å². The molecule has 0 fully saturated rings. The standard InChI is InChI=1S/C11H9ClN2O2/c1-7(15)4-11(16)14-9-2-3-10(12)8(5-9)6-13/h2-3,5H,4H2,1H3,(H,14,16). The zero-order chi connectivity index (χ0) is 12.1. The normalized spacial score (nSPS) is 9.31. The predicted octanol–water partition coefficient (Wildman–Crippen LogP) is 2.13. The minimum atomic E-state index is -0.404. The van der Waals surface area contributed by atoms with Crippen LogP contribution in [0.15, 0.2) is 18.2 Å². The van der Waals surface area contributed by atoms with Crippen molar-refractivity contribution >= 4 is 29.0 Å². The monoisotopic (exact) mass is 236 g/mol. The van der Waals surface area contributed by atoms with Gasteiger partial charge in [0.15, 0.2) is 0 Å². The number of carbonyl (C=O) groups is 2. The summed E-state index contributed by atoms with van der Waals surface area (Å²) in [4.78, 5) is 21.9. The number of amides is 1. The fourth-order valence-corrected chi connectivity index (χ4v) is 1.28. The number of anilines is 1. The van der Waals surface area contributed by atoms with Gasteiger partial charge in [-0.15, -0.1) is 0 Å². The molecule has 0 atom stereocenters. The smallest absolute Gasteiger partial charge is 0.231 e. The van der Waals surface area contributed by atoms with Crippen LogP contribution in [0.4, 0.5) is 5.69 Å². The number of hydrogen-bond donors (Lipinski definition) is 1. The van der Waals surface area contributed by atoms with Gasteiger partial charge in [-0.1, -0.05) is 11.6 Å². The lowest BCUT2D eigenvalue weighted by atomic mass is 10.2. The van der Waals surface area contributed by atoms with Crippen LogP contribution < -0.4 is 5.32 Å². The summed E-state index contributed by atoms with van der Waals surface area (Å²) in [5.74, 6) is -0.620. The molecule has 1 aromatic rings. The molecule has 0 aliphatic carbocycles. The van der Waals surface area contributed by atoms with E-state index in [4.69, 9.17) is 16.9 Å². The summed E-state index contributed by atoms with van der Waals surface area (Å²) >= 11 is 5.73. The largest absolute Gasteiger partial charge is 0.326 e. The van der Waals surface area contributed by atoms with E-state index in [9.17, 15) is 9.59 Å². The second kappa shape index (κ2) is 5.29. The maximum atomic E-state index is 11.3. The highest BCUT2D eigenvalue weighted by molar-refractivity contribution is 6.31. The third kappa shape index (κ3) is 3.37. The third-order valence-electron chi connectivity index (χ3n) is 1.78. The van der Waals surface area contributed by atoms with Gasteiger partial charge in [0.05, 0.1) is 17.0 Å². The second-order valence-corrected chi connectivity index (χ2v) is 3.64. The number of nitrogens with zero attached hydrogens (tertiary/aromatic N) is 1. The summed E-state index contributed by atoms with van der Waals surface area (Å²) in [5, 5.41) is 11.6. The van der Waals surface area contributed by atoms with E-state index >= 15 is 0 Å². The molecule has 4 nitrogen and oxygen atoms in total. The van der Waals surface area contributed by atoms with Crippen LogP contribution >= 0.6 is 11.6 Å². The number of Topliss-reactive ketones (excluding diaryl/α,β-unsaturated/α-hetero) is 1. The van der Waals surface area contributed by atoms with E-state index in [1.807, 2.05) is 6.07 Å². The average molecular weight is 237 g/mol. The molecule has 0 saturated heterocycles. The van der Waals surface area contributed by atoms with Crippen molar-refractivity contribution in [3.05, 3.63) is 28.8 Å². The summed E-state index contributed by atoms with van der Waals surface area (Å²) in [6, 6.07) is 6.45. The van der Waals surface area contributed by atoms with Crippen molar-refractivity contribution in [2.24, 2.45) is 0 Å². The molecule has 0 bridgehead atoms. The Morgan fingerprint density at radius 2 is 2.19 bits per heavy atom. The van der Waals surface area contributed by atoms with E-state index in [1.54, 1.807) is 6.07 Å². The molecule has 1 rings (SSSR count). The van der Waals surface area contributed by atoms with Crippen molar-refractivity contribution in [2.45, 2.75) is 13.3 Å². The Balaban J connectivity index is 2.79. The Labute approximate surface area is 97.8 Å². The summed E-state index contributed by atoms with van der Waals surface area (Å²) in [7, 11) is 0. The molecule has 1 aromatic carbocycles. The lowest BCUT2D eigenvalue weighted by molar-refractivity contribution is -0.124. The van der Waals surface area contributed by atoms with Crippen LogP contribution in [-0.2, 0) is 9.59 Å². The number of benzene rings is 1. The molecular weight excluding hydrogens is 228 g/mol. The lowest BCUT2D eigenvalue weighted by Gasteiger charge is -2.04. The van der Waals surface area contributed by atoms with Crippen molar-refractivity contribution in [3.8, 4) is 6.07 Å². The highest BCUT2D eigenvalue weighted by Crippen LogP contribution is 2.19. The summed E-state index contributed by atoms with van der Waals surface area (Å²) in [6.07, 6.45) is -0.176. The SMILES string of the molecule is CC(=O)CC(=O)Nc1ccc(Cl)c(C#N)c1. The van der Waals surface area contributed by atoms with Gasteiger partial charge in [-0.05, 0) is 25.1 Å². The number of rotatable bonds is 3. The van der Waals surface area contributed by atoms with Crippen LogP contribution in [0, 0.1) is 11.3 Å². The first-order valence-electron chi connectivity index (χ1n) is 4.52. The lowest BCUT2D eigenvalue weighted by Crippen LogP contribution is -2.14. The summed E-state index contributed by atoms with van der Waals surface area (Å²) < 4.78 is 0. The Morgan fingerprint density at radius 1 is 1.50 bits per heavy atom. The molecule has 0 unspecified atom stereocenters. The van der Waals surface area contributed by atoms with Gasteiger partial charge in [-0.3, -0.25) is 9.59 Å². The molecule has 1 N–H and O–H groups in total. The molecule has 16 heavy (non-hydrogen) atoms. The maximum absolute atomic E-state index is 11.3. The average Bonchev–Trinajstić information content (AvgIpc) is 2.19. The predicted molar refractivity (Wildman–Crippen MR) is 60.1 cm³/mol. The van der Waals surface area contributed by atoms with Gasteiger partial charge in [0.2, 0.25) is 5.91 Å². The number of halogens is 1. The number of hydrogen-bond acceptors (Lipinski definition) is 3. The molecule has 0 radical (unpaired) electrons. The third-order valence-corrected chi connectivity index (χ3v) is 2.11. The first-order chi connectivity index (χ1) is 7.52. The van der Waals surface area contributed by atoms with Gasteiger partial charge < -0.3 is 5.32 Å². The molecule has 0 heterocycles. The number of nitrogens with one attached hydrogen (secondary N) is 1. The molecule has 0 aromatic heterocycles. The highest BCUT2D eigenvalue weighted by Gasteiger charge is 2.07. The molecule has 0 saturated carbocycles. The van der Waals surface area contributed by atoms with Crippen molar-refractivity contribution in [1.82, 2.24) is 0 Å². The van der Waals surface area contributed by atoms with Crippen molar-refractivity contribution < 1.29 is 9.59 Å². The number of carbonyl (C=O) groups excluding carboxylic acids is 2. The van der Waals surface area contributed by atoms with E-state index in [-0.39, 0.29) is 17.8 Å². The zero-order valence-electron chi connectivity index (χ0n) is 8.58. The van der Waals surface area contributed by atoms with Gasteiger partial charge in [0.25, 0.3) is 0 Å². The van der Waals surface area contributed by atoms with E-state index < -0.39 is 5.91 Å². The molecule has 0 aliphatic heterocycles. The zero-order valence-corrected chi connectivity index (χ0v) is 9.34. The molecule has 1 amide bonds. The van der Waals surface area contributed by atoms with E-state index in [0.717, 1.165) is 0 Å². The molecule has 5 heteroatoms. The second-order valence-electron chi connectivity index (χ2n) is 3.23. The first kappa shape index (κ1) is 12.2. The van der Waals surface area contributed by atoms with Crippen LogP contribution in [0.1, 0.15) is 18.9 Å². The summed E-state index contributed by atoms with van der Waals surface area (Å²) in [6.45, 7) is 1.34. The number of ketones is 1.